The number of nitrogens with zero attached hydrogens (tertiary/aromatic N) is 2. The second-order valence-corrected chi connectivity index (χ2v) is 6.91. The van der Waals surface area contributed by atoms with Crippen molar-refractivity contribution < 1.29 is 0 Å². The highest BCUT2D eigenvalue weighted by molar-refractivity contribution is 4.94. The quantitative estimate of drug-likeness (QED) is 0.814. The van der Waals surface area contributed by atoms with Crippen molar-refractivity contribution in [3.8, 4) is 0 Å². The summed E-state index contributed by atoms with van der Waals surface area (Å²) in [4.78, 5) is 5.06. The zero-order valence-electron chi connectivity index (χ0n) is 12.6. The third kappa shape index (κ3) is 3.06. The molecule has 4 atom stereocenters. The third-order valence-electron chi connectivity index (χ3n) is 5.20. The van der Waals surface area contributed by atoms with E-state index in [1.54, 1.807) is 0 Å². The van der Waals surface area contributed by atoms with Crippen molar-refractivity contribution in [3.05, 3.63) is 0 Å². The lowest BCUT2D eigenvalue weighted by molar-refractivity contribution is 0.0388. The van der Waals surface area contributed by atoms with Gasteiger partial charge in [0.05, 0.1) is 0 Å². The summed E-state index contributed by atoms with van der Waals surface area (Å²) in [5.74, 6) is 1.55. The Labute approximate surface area is 113 Å². The smallest absolute Gasteiger partial charge is 0.0272 e. The van der Waals surface area contributed by atoms with Crippen LogP contribution in [-0.2, 0) is 0 Å². The number of rotatable bonds is 2. The molecule has 2 N–H and O–H groups in total. The topological polar surface area (TPSA) is 32.5 Å². The second kappa shape index (κ2) is 5.89. The van der Waals surface area contributed by atoms with Crippen LogP contribution in [0.1, 0.15) is 39.5 Å². The molecule has 3 nitrogen and oxygen atoms in total. The summed E-state index contributed by atoms with van der Waals surface area (Å²) >= 11 is 0. The minimum atomic E-state index is 0.369. The van der Waals surface area contributed by atoms with E-state index in [1.807, 2.05) is 0 Å². The van der Waals surface area contributed by atoms with E-state index in [2.05, 4.69) is 37.7 Å². The summed E-state index contributed by atoms with van der Waals surface area (Å²) in [6.45, 7) is 7.22. The van der Waals surface area contributed by atoms with E-state index in [9.17, 15) is 0 Å². The Bertz CT molecular complexity index is 248. The molecule has 0 amide bonds. The fraction of sp³-hybridized carbons (Fsp3) is 1.00. The molecule has 2 rings (SSSR count). The van der Waals surface area contributed by atoms with Crippen molar-refractivity contribution in [3.63, 3.8) is 0 Å². The van der Waals surface area contributed by atoms with Crippen molar-refractivity contribution in [1.29, 1.82) is 0 Å². The predicted molar refractivity (Wildman–Crippen MR) is 77.6 cm³/mol. The minimum Gasteiger partial charge on any atom is -0.326 e. The van der Waals surface area contributed by atoms with Crippen molar-refractivity contribution in [2.24, 2.45) is 17.6 Å². The Morgan fingerprint density at radius 1 is 1.11 bits per heavy atom. The van der Waals surface area contributed by atoms with E-state index in [0.29, 0.717) is 12.1 Å². The molecule has 2 fully saturated rings. The van der Waals surface area contributed by atoms with Gasteiger partial charge in [-0.3, -0.25) is 4.90 Å². The lowest BCUT2D eigenvalue weighted by Crippen LogP contribution is -2.57. The maximum atomic E-state index is 6.44. The molecule has 1 saturated heterocycles. The van der Waals surface area contributed by atoms with Crippen molar-refractivity contribution in [2.75, 3.05) is 27.2 Å². The number of piperidine rings is 1. The van der Waals surface area contributed by atoms with Crippen LogP contribution in [-0.4, -0.2) is 55.1 Å². The van der Waals surface area contributed by atoms with Gasteiger partial charge in [-0.2, -0.15) is 0 Å². The van der Waals surface area contributed by atoms with Gasteiger partial charge in [-0.05, 0) is 64.7 Å². The number of likely N-dealkylation sites (N-methyl/N-ethyl adjacent to an activating group) is 1. The van der Waals surface area contributed by atoms with E-state index in [4.69, 9.17) is 5.73 Å². The molecule has 0 radical (unpaired) electrons. The maximum absolute atomic E-state index is 6.44. The van der Waals surface area contributed by atoms with Gasteiger partial charge in [-0.15, -0.1) is 0 Å². The number of nitrogens with two attached hydrogens (primary N) is 1. The Kier molecular flexibility index (Phi) is 4.68. The normalized spacial score (nSPS) is 40.3. The van der Waals surface area contributed by atoms with Crippen LogP contribution in [0.2, 0.25) is 0 Å². The average Bonchev–Trinajstić information content (AvgIpc) is 2.28. The standard InChI is InChI=1S/C15H31N3/c1-11-9-12(2)15(14(16)10-11)18(4)13-5-7-17(3)8-6-13/h11-15H,5-10,16H2,1-4H3. The summed E-state index contributed by atoms with van der Waals surface area (Å²) in [5, 5.41) is 0. The monoisotopic (exact) mass is 253 g/mol. The van der Waals surface area contributed by atoms with Gasteiger partial charge in [0.25, 0.3) is 0 Å². The fourth-order valence-corrected chi connectivity index (χ4v) is 4.25. The average molecular weight is 253 g/mol. The van der Waals surface area contributed by atoms with Crippen LogP contribution in [0.3, 0.4) is 0 Å². The highest BCUT2D eigenvalue weighted by Gasteiger charge is 2.37. The van der Waals surface area contributed by atoms with Crippen LogP contribution in [0.4, 0.5) is 0 Å². The maximum Gasteiger partial charge on any atom is 0.0272 e. The van der Waals surface area contributed by atoms with E-state index < -0.39 is 0 Å². The predicted octanol–water partition coefficient (Wildman–Crippen LogP) is 1.77. The Morgan fingerprint density at radius 3 is 2.28 bits per heavy atom. The molecule has 2 aliphatic rings. The molecule has 1 heterocycles. The first-order valence-corrected chi connectivity index (χ1v) is 7.65. The number of hydrogen-bond acceptors (Lipinski definition) is 3. The fourth-order valence-electron chi connectivity index (χ4n) is 4.25. The van der Waals surface area contributed by atoms with Crippen molar-refractivity contribution >= 4 is 0 Å². The summed E-state index contributed by atoms with van der Waals surface area (Å²) < 4.78 is 0. The first-order chi connectivity index (χ1) is 8.49. The van der Waals surface area contributed by atoms with Crippen LogP contribution in [0, 0.1) is 11.8 Å². The molecule has 4 unspecified atom stereocenters. The Balaban J connectivity index is 1.96. The first-order valence-electron chi connectivity index (χ1n) is 7.65. The molecule has 0 aromatic heterocycles. The van der Waals surface area contributed by atoms with Gasteiger partial charge in [0.1, 0.15) is 0 Å². The molecular formula is C15H31N3. The first kappa shape index (κ1) is 14.3. The van der Waals surface area contributed by atoms with Crippen molar-refractivity contribution in [2.45, 2.75) is 57.7 Å². The van der Waals surface area contributed by atoms with Crippen LogP contribution in [0.5, 0.6) is 0 Å². The van der Waals surface area contributed by atoms with E-state index in [-0.39, 0.29) is 0 Å². The second-order valence-electron chi connectivity index (χ2n) is 6.91. The summed E-state index contributed by atoms with van der Waals surface area (Å²) in [6.07, 6.45) is 5.15. The van der Waals surface area contributed by atoms with E-state index in [1.165, 1.54) is 38.8 Å². The van der Waals surface area contributed by atoms with E-state index in [0.717, 1.165) is 17.9 Å². The minimum absolute atomic E-state index is 0.369. The number of likely N-dealkylation sites (tertiary alicyclic amines) is 1. The van der Waals surface area contributed by atoms with Gasteiger partial charge in [0.2, 0.25) is 0 Å². The van der Waals surface area contributed by atoms with Gasteiger partial charge in [-0.25, -0.2) is 0 Å². The number of hydrogen-bond donors (Lipinski definition) is 1. The van der Waals surface area contributed by atoms with Gasteiger partial charge in [0, 0.05) is 18.1 Å². The van der Waals surface area contributed by atoms with Crippen molar-refractivity contribution in [1.82, 2.24) is 9.80 Å². The molecule has 106 valence electrons. The lowest BCUT2D eigenvalue weighted by atomic mass is 9.75. The molecule has 0 aromatic carbocycles. The van der Waals surface area contributed by atoms with Crippen LogP contribution >= 0.6 is 0 Å². The summed E-state index contributed by atoms with van der Waals surface area (Å²) in [5.41, 5.74) is 6.44. The lowest BCUT2D eigenvalue weighted by Gasteiger charge is -2.47. The Morgan fingerprint density at radius 2 is 1.72 bits per heavy atom. The Hall–Kier alpha value is -0.120. The summed E-state index contributed by atoms with van der Waals surface area (Å²) in [6, 6.07) is 1.70. The highest BCUT2D eigenvalue weighted by atomic mass is 15.2. The van der Waals surface area contributed by atoms with Crippen LogP contribution in [0.15, 0.2) is 0 Å². The molecule has 1 aliphatic heterocycles. The molecule has 1 aliphatic carbocycles. The molecule has 1 saturated carbocycles. The molecule has 3 heteroatoms. The van der Waals surface area contributed by atoms with Crippen LogP contribution in [0.25, 0.3) is 0 Å². The molecule has 0 aromatic rings. The molecular weight excluding hydrogens is 222 g/mol. The van der Waals surface area contributed by atoms with Gasteiger partial charge >= 0.3 is 0 Å². The molecule has 0 bridgehead atoms. The molecule has 18 heavy (non-hydrogen) atoms. The van der Waals surface area contributed by atoms with E-state index >= 15 is 0 Å². The third-order valence-corrected chi connectivity index (χ3v) is 5.20. The zero-order chi connectivity index (χ0) is 13.3. The van der Waals surface area contributed by atoms with Gasteiger partial charge < -0.3 is 10.6 Å². The highest BCUT2D eigenvalue weighted by Crippen LogP contribution is 2.33. The zero-order valence-corrected chi connectivity index (χ0v) is 12.6. The van der Waals surface area contributed by atoms with Gasteiger partial charge in [0.15, 0.2) is 0 Å². The van der Waals surface area contributed by atoms with Crippen LogP contribution < -0.4 is 5.73 Å². The van der Waals surface area contributed by atoms with Gasteiger partial charge in [-0.1, -0.05) is 13.8 Å². The molecule has 0 spiro atoms. The largest absolute Gasteiger partial charge is 0.326 e. The SMILES string of the molecule is CC1CC(C)C(N(C)C2CCN(C)CC2)C(N)C1. The summed E-state index contributed by atoms with van der Waals surface area (Å²) in [7, 11) is 4.54.